The van der Waals surface area contributed by atoms with E-state index in [1.807, 2.05) is 37.3 Å². The Bertz CT molecular complexity index is 1380. The maximum Gasteiger partial charge on any atom is 0.270 e. The highest BCUT2D eigenvalue weighted by molar-refractivity contribution is 6.07. The SMILES string of the molecule is Cc1ccc2ncc(C(=O)N3CCc4cc(-c5cccc(F)c5)ccc43)c(=O)n2c1. The number of carbonyl (C=O) groups excluding carboxylic acids is 1. The number of benzene rings is 2. The smallest absolute Gasteiger partial charge is 0.270 e. The number of halogens is 1. The van der Waals surface area contributed by atoms with Crippen LogP contribution >= 0.6 is 0 Å². The van der Waals surface area contributed by atoms with E-state index < -0.39 is 0 Å². The molecule has 0 unspecified atom stereocenters. The summed E-state index contributed by atoms with van der Waals surface area (Å²) in [6.45, 7) is 2.37. The van der Waals surface area contributed by atoms with Crippen LogP contribution < -0.4 is 10.5 Å². The van der Waals surface area contributed by atoms with Crippen LogP contribution in [0.5, 0.6) is 0 Å². The highest BCUT2D eigenvalue weighted by Gasteiger charge is 2.28. The summed E-state index contributed by atoms with van der Waals surface area (Å²) in [5, 5.41) is 0. The van der Waals surface area contributed by atoms with Gasteiger partial charge < -0.3 is 4.90 Å². The van der Waals surface area contributed by atoms with Crippen LogP contribution in [0.3, 0.4) is 0 Å². The number of hydrogen-bond acceptors (Lipinski definition) is 3. The highest BCUT2D eigenvalue weighted by atomic mass is 19.1. The Kier molecular flexibility index (Phi) is 4.20. The van der Waals surface area contributed by atoms with Crippen molar-refractivity contribution in [3.05, 3.63) is 99.9 Å². The zero-order valence-electron chi connectivity index (χ0n) is 16.3. The molecule has 0 atom stereocenters. The first-order chi connectivity index (χ1) is 14.5. The van der Waals surface area contributed by atoms with E-state index in [2.05, 4.69) is 4.98 Å². The molecule has 3 heterocycles. The van der Waals surface area contributed by atoms with Crippen LogP contribution in [0.15, 0.2) is 71.8 Å². The third kappa shape index (κ3) is 2.97. The predicted octanol–water partition coefficient (Wildman–Crippen LogP) is 4.01. The van der Waals surface area contributed by atoms with Gasteiger partial charge in [0.05, 0.1) is 0 Å². The minimum absolute atomic E-state index is 0.0418. The van der Waals surface area contributed by atoms with Crippen molar-refractivity contribution in [2.45, 2.75) is 13.3 Å². The molecule has 6 heteroatoms. The Morgan fingerprint density at radius 1 is 1.07 bits per heavy atom. The molecule has 1 amide bonds. The van der Waals surface area contributed by atoms with E-state index in [4.69, 9.17) is 0 Å². The van der Waals surface area contributed by atoms with Gasteiger partial charge in [0, 0.05) is 24.6 Å². The number of nitrogens with zero attached hydrogens (tertiary/aromatic N) is 3. The predicted molar refractivity (Wildman–Crippen MR) is 113 cm³/mol. The van der Waals surface area contributed by atoms with Crippen LogP contribution in [0.25, 0.3) is 16.8 Å². The third-order valence-corrected chi connectivity index (χ3v) is 5.46. The summed E-state index contributed by atoms with van der Waals surface area (Å²) < 4.78 is 15.0. The molecule has 5 rings (SSSR count). The Balaban J connectivity index is 1.52. The van der Waals surface area contributed by atoms with E-state index in [1.165, 1.54) is 22.7 Å². The molecule has 5 nitrogen and oxygen atoms in total. The van der Waals surface area contributed by atoms with Gasteiger partial charge in [0.15, 0.2) is 0 Å². The maximum atomic E-state index is 13.6. The normalized spacial score (nSPS) is 12.9. The number of amides is 1. The lowest BCUT2D eigenvalue weighted by Gasteiger charge is -2.17. The molecule has 0 saturated heterocycles. The van der Waals surface area contributed by atoms with Crippen LogP contribution in [-0.4, -0.2) is 21.8 Å². The molecule has 0 aliphatic carbocycles. The number of aryl methyl sites for hydroxylation is 1. The van der Waals surface area contributed by atoms with E-state index in [1.54, 1.807) is 23.2 Å². The van der Waals surface area contributed by atoms with Crippen LogP contribution in [-0.2, 0) is 6.42 Å². The van der Waals surface area contributed by atoms with Gasteiger partial charge in [0.1, 0.15) is 17.0 Å². The number of pyridine rings is 1. The fraction of sp³-hybridized carbons (Fsp3) is 0.125. The second-order valence-corrected chi connectivity index (χ2v) is 7.47. The van der Waals surface area contributed by atoms with Crippen molar-refractivity contribution in [1.29, 1.82) is 0 Å². The first-order valence-electron chi connectivity index (χ1n) is 9.70. The Morgan fingerprint density at radius 2 is 1.90 bits per heavy atom. The number of aromatic nitrogens is 2. The van der Waals surface area contributed by atoms with Crippen molar-refractivity contribution >= 4 is 17.2 Å². The lowest BCUT2D eigenvalue weighted by atomic mass is 10.0. The molecule has 0 spiro atoms. The molecule has 0 fully saturated rings. The van der Waals surface area contributed by atoms with Gasteiger partial charge in [-0.2, -0.15) is 0 Å². The summed E-state index contributed by atoms with van der Waals surface area (Å²) >= 11 is 0. The standard InChI is InChI=1S/C24H18FN3O2/c1-15-5-8-22-26-13-20(24(30)28(22)14-15)23(29)27-10-9-18-11-17(6-7-21(18)27)16-3-2-4-19(25)12-16/h2-8,11-14H,9-10H2,1H3. The van der Waals surface area contributed by atoms with E-state index in [9.17, 15) is 14.0 Å². The van der Waals surface area contributed by atoms with Crippen LogP contribution in [0.2, 0.25) is 0 Å². The van der Waals surface area contributed by atoms with Gasteiger partial charge in [-0.15, -0.1) is 0 Å². The zero-order valence-corrected chi connectivity index (χ0v) is 16.3. The average Bonchev–Trinajstić information content (AvgIpc) is 3.17. The van der Waals surface area contributed by atoms with E-state index in [0.29, 0.717) is 18.6 Å². The quantitative estimate of drug-likeness (QED) is 0.512. The minimum Gasteiger partial charge on any atom is -0.308 e. The molecule has 2 aromatic heterocycles. The number of hydrogen-bond donors (Lipinski definition) is 0. The molecule has 1 aliphatic heterocycles. The van der Waals surface area contributed by atoms with Gasteiger partial charge >= 0.3 is 0 Å². The Hall–Kier alpha value is -3.80. The number of carbonyl (C=O) groups is 1. The molecule has 0 bridgehead atoms. The van der Waals surface area contributed by atoms with Gasteiger partial charge in [-0.25, -0.2) is 9.37 Å². The molecule has 4 aromatic rings. The zero-order chi connectivity index (χ0) is 20.8. The summed E-state index contributed by atoms with van der Waals surface area (Å²) in [6, 6.07) is 15.8. The second-order valence-electron chi connectivity index (χ2n) is 7.47. The lowest BCUT2D eigenvalue weighted by Crippen LogP contribution is -2.34. The first-order valence-corrected chi connectivity index (χ1v) is 9.70. The largest absolute Gasteiger partial charge is 0.308 e. The summed E-state index contributed by atoms with van der Waals surface area (Å²) in [6.07, 6.45) is 3.71. The number of rotatable bonds is 2. The highest BCUT2D eigenvalue weighted by Crippen LogP contribution is 2.33. The Labute approximate surface area is 172 Å². The van der Waals surface area contributed by atoms with Crippen molar-refractivity contribution in [2.75, 3.05) is 11.4 Å². The number of anilines is 1. The molecule has 0 saturated carbocycles. The van der Waals surface area contributed by atoms with Crippen molar-refractivity contribution in [2.24, 2.45) is 0 Å². The fourth-order valence-corrected chi connectivity index (χ4v) is 3.94. The summed E-state index contributed by atoms with van der Waals surface area (Å²) in [4.78, 5) is 32.0. The fourth-order valence-electron chi connectivity index (χ4n) is 3.94. The molecule has 2 aromatic carbocycles. The van der Waals surface area contributed by atoms with Crippen LogP contribution in [0.4, 0.5) is 10.1 Å². The molecule has 0 N–H and O–H groups in total. The molecule has 0 radical (unpaired) electrons. The van der Waals surface area contributed by atoms with Crippen LogP contribution in [0.1, 0.15) is 21.5 Å². The molecule has 1 aliphatic rings. The Morgan fingerprint density at radius 3 is 2.73 bits per heavy atom. The maximum absolute atomic E-state index is 13.6. The number of fused-ring (bicyclic) bond motifs is 2. The molecular formula is C24H18FN3O2. The van der Waals surface area contributed by atoms with E-state index in [-0.39, 0.29) is 22.8 Å². The second kappa shape index (κ2) is 6.91. The van der Waals surface area contributed by atoms with Gasteiger partial charge in [-0.05, 0) is 65.9 Å². The molecular weight excluding hydrogens is 381 g/mol. The van der Waals surface area contributed by atoms with Crippen molar-refractivity contribution in [1.82, 2.24) is 9.38 Å². The summed E-state index contributed by atoms with van der Waals surface area (Å²) in [7, 11) is 0. The molecule has 148 valence electrons. The average molecular weight is 399 g/mol. The van der Waals surface area contributed by atoms with Crippen molar-refractivity contribution in [3.63, 3.8) is 0 Å². The van der Waals surface area contributed by atoms with E-state index >= 15 is 0 Å². The van der Waals surface area contributed by atoms with Crippen LogP contribution in [0, 0.1) is 12.7 Å². The summed E-state index contributed by atoms with van der Waals surface area (Å²) in [5.41, 5.74) is 4.53. The van der Waals surface area contributed by atoms with Gasteiger partial charge in [-0.3, -0.25) is 14.0 Å². The topological polar surface area (TPSA) is 54.7 Å². The van der Waals surface area contributed by atoms with Gasteiger partial charge in [-0.1, -0.05) is 24.3 Å². The van der Waals surface area contributed by atoms with Crippen molar-refractivity contribution < 1.29 is 9.18 Å². The third-order valence-electron chi connectivity index (χ3n) is 5.46. The van der Waals surface area contributed by atoms with E-state index in [0.717, 1.165) is 27.9 Å². The van der Waals surface area contributed by atoms with Crippen molar-refractivity contribution in [3.8, 4) is 11.1 Å². The monoisotopic (exact) mass is 399 g/mol. The molecule has 30 heavy (non-hydrogen) atoms. The summed E-state index contributed by atoms with van der Waals surface area (Å²) in [5.74, 6) is -0.648. The lowest BCUT2D eigenvalue weighted by molar-refractivity contribution is 0.0987. The first kappa shape index (κ1) is 18.2. The minimum atomic E-state index is -0.376. The van der Waals surface area contributed by atoms with Gasteiger partial charge in [0.2, 0.25) is 0 Å². The van der Waals surface area contributed by atoms with Gasteiger partial charge in [0.25, 0.3) is 11.5 Å².